The monoisotopic (exact) mass is 325 g/mol. The van der Waals surface area contributed by atoms with Crippen LogP contribution in [0.4, 0.5) is 0 Å². The van der Waals surface area contributed by atoms with Crippen LogP contribution in [0.5, 0.6) is 5.75 Å². The number of fused-ring (bicyclic) bond motifs is 4. The Morgan fingerprint density at radius 3 is 2.52 bits per heavy atom. The van der Waals surface area contributed by atoms with Crippen LogP contribution in [-0.2, 0) is 5.41 Å². The predicted molar refractivity (Wildman–Crippen MR) is 95.7 cm³/mol. The number of likely N-dealkylation sites (tertiary alicyclic amines) is 1. The lowest BCUT2D eigenvalue weighted by Crippen LogP contribution is -2.44. The maximum absolute atomic E-state index is 5.67. The fraction of sp³-hybridized carbons (Fsp3) is 0.400. The summed E-state index contributed by atoms with van der Waals surface area (Å²) in [6.07, 6.45) is 2.39. The highest BCUT2D eigenvalue weighted by atomic mass is 32.2. The van der Waals surface area contributed by atoms with Crippen LogP contribution in [0.1, 0.15) is 30.9 Å². The third-order valence-corrected chi connectivity index (χ3v) is 6.69. The highest BCUT2D eigenvalue weighted by Crippen LogP contribution is 2.55. The lowest BCUT2D eigenvalue weighted by atomic mass is 9.67. The SMILES string of the molecule is CCN1CCC2(CC1)c1ccccc1Sc1c(OC)cccc12. The van der Waals surface area contributed by atoms with E-state index in [9.17, 15) is 0 Å². The number of hydrogen-bond acceptors (Lipinski definition) is 3. The minimum Gasteiger partial charge on any atom is -0.496 e. The van der Waals surface area contributed by atoms with Crippen LogP contribution in [0, 0.1) is 0 Å². The number of ether oxygens (including phenoxy) is 1. The first kappa shape index (κ1) is 15.1. The number of benzene rings is 2. The highest BCUT2D eigenvalue weighted by Gasteiger charge is 2.43. The molecule has 0 radical (unpaired) electrons. The van der Waals surface area contributed by atoms with Gasteiger partial charge >= 0.3 is 0 Å². The molecule has 2 aliphatic rings. The van der Waals surface area contributed by atoms with Gasteiger partial charge in [-0.05, 0) is 55.7 Å². The number of nitrogens with zero attached hydrogens (tertiary/aromatic N) is 1. The lowest BCUT2D eigenvalue weighted by Gasteiger charge is -2.46. The maximum Gasteiger partial charge on any atom is 0.133 e. The van der Waals surface area contributed by atoms with E-state index in [1.807, 2.05) is 11.8 Å². The van der Waals surface area contributed by atoms with E-state index in [1.165, 1.54) is 46.8 Å². The van der Waals surface area contributed by atoms with Gasteiger partial charge < -0.3 is 9.64 Å². The fourth-order valence-electron chi connectivity index (χ4n) is 4.15. The van der Waals surface area contributed by atoms with Gasteiger partial charge in [0.05, 0.1) is 12.0 Å². The number of methoxy groups -OCH3 is 1. The van der Waals surface area contributed by atoms with Crippen LogP contribution in [0.3, 0.4) is 0 Å². The molecule has 23 heavy (non-hydrogen) atoms. The van der Waals surface area contributed by atoms with Crippen LogP contribution in [0.15, 0.2) is 52.3 Å². The van der Waals surface area contributed by atoms with Crippen molar-refractivity contribution in [3.8, 4) is 5.75 Å². The molecule has 0 unspecified atom stereocenters. The Morgan fingerprint density at radius 1 is 1.04 bits per heavy atom. The van der Waals surface area contributed by atoms with Gasteiger partial charge in [-0.2, -0.15) is 0 Å². The van der Waals surface area contributed by atoms with E-state index in [0.29, 0.717) is 0 Å². The zero-order valence-electron chi connectivity index (χ0n) is 13.8. The van der Waals surface area contributed by atoms with Crippen LogP contribution in [0.25, 0.3) is 0 Å². The first-order chi connectivity index (χ1) is 11.3. The molecule has 4 rings (SSSR count). The Labute approximate surface area is 142 Å². The summed E-state index contributed by atoms with van der Waals surface area (Å²) in [5.41, 5.74) is 3.13. The van der Waals surface area contributed by atoms with E-state index in [0.717, 1.165) is 12.3 Å². The van der Waals surface area contributed by atoms with Gasteiger partial charge in [0, 0.05) is 10.3 Å². The summed E-state index contributed by atoms with van der Waals surface area (Å²) in [5.74, 6) is 1.01. The molecule has 0 amide bonds. The molecule has 2 aromatic carbocycles. The third kappa shape index (κ3) is 2.29. The maximum atomic E-state index is 5.67. The Hall–Kier alpha value is -1.45. The summed E-state index contributed by atoms with van der Waals surface area (Å²) in [7, 11) is 1.78. The number of rotatable bonds is 2. The van der Waals surface area contributed by atoms with Gasteiger partial charge in [-0.3, -0.25) is 0 Å². The van der Waals surface area contributed by atoms with Gasteiger partial charge in [-0.1, -0.05) is 49.0 Å². The Kier molecular flexibility index (Phi) is 3.86. The molecule has 0 saturated carbocycles. The molecule has 1 spiro atoms. The third-order valence-electron chi connectivity index (χ3n) is 5.49. The van der Waals surface area contributed by atoms with Crippen LogP contribution in [-0.4, -0.2) is 31.6 Å². The summed E-state index contributed by atoms with van der Waals surface area (Å²) in [5, 5.41) is 0. The highest BCUT2D eigenvalue weighted by molar-refractivity contribution is 7.99. The molecule has 0 aromatic heterocycles. The van der Waals surface area contributed by atoms with Crippen molar-refractivity contribution < 1.29 is 4.74 Å². The molecule has 2 aromatic rings. The Morgan fingerprint density at radius 2 is 1.78 bits per heavy atom. The molecule has 0 atom stereocenters. The summed E-state index contributed by atoms with van der Waals surface area (Å²) in [6, 6.07) is 15.5. The van der Waals surface area contributed by atoms with E-state index < -0.39 is 0 Å². The molecule has 2 nitrogen and oxygen atoms in total. The van der Waals surface area contributed by atoms with Gasteiger partial charge in [-0.25, -0.2) is 0 Å². The normalized spacial score (nSPS) is 19.2. The van der Waals surface area contributed by atoms with Crippen molar-refractivity contribution in [1.82, 2.24) is 4.90 Å². The number of piperidine rings is 1. The van der Waals surface area contributed by atoms with Crippen molar-refractivity contribution in [2.45, 2.75) is 35.0 Å². The summed E-state index contributed by atoms with van der Waals surface area (Å²) in [6.45, 7) is 5.76. The van der Waals surface area contributed by atoms with Gasteiger partial charge in [0.15, 0.2) is 0 Å². The Balaban J connectivity index is 1.89. The molecule has 0 bridgehead atoms. The van der Waals surface area contributed by atoms with Crippen LogP contribution in [0.2, 0.25) is 0 Å². The summed E-state index contributed by atoms with van der Waals surface area (Å²) in [4.78, 5) is 5.28. The van der Waals surface area contributed by atoms with E-state index in [4.69, 9.17) is 4.74 Å². The fourth-order valence-corrected chi connectivity index (χ4v) is 5.52. The van der Waals surface area contributed by atoms with Crippen molar-refractivity contribution in [1.29, 1.82) is 0 Å². The second kappa shape index (κ2) is 5.88. The minimum atomic E-state index is 0.150. The topological polar surface area (TPSA) is 12.5 Å². The van der Waals surface area contributed by atoms with Gasteiger partial charge in [0.2, 0.25) is 0 Å². The molecule has 0 aliphatic carbocycles. The van der Waals surface area contributed by atoms with Crippen LogP contribution >= 0.6 is 11.8 Å². The van der Waals surface area contributed by atoms with Crippen molar-refractivity contribution in [3.05, 3.63) is 53.6 Å². The average molecular weight is 325 g/mol. The van der Waals surface area contributed by atoms with Crippen LogP contribution < -0.4 is 4.74 Å². The van der Waals surface area contributed by atoms with E-state index >= 15 is 0 Å². The standard InChI is InChI=1S/C20H23NOS/c1-3-21-13-11-20(12-14-21)15-7-4-5-10-18(15)23-19-16(20)8-6-9-17(19)22-2/h4-10H,3,11-14H2,1-2H3. The van der Waals surface area contributed by atoms with Gasteiger partial charge in [0.1, 0.15) is 5.75 Å². The minimum absolute atomic E-state index is 0.150. The first-order valence-corrected chi connectivity index (χ1v) is 9.27. The molecule has 3 heteroatoms. The molecule has 1 saturated heterocycles. The number of hydrogen-bond donors (Lipinski definition) is 0. The zero-order chi connectivity index (χ0) is 15.9. The van der Waals surface area contributed by atoms with E-state index in [-0.39, 0.29) is 5.41 Å². The van der Waals surface area contributed by atoms with Crippen molar-refractivity contribution >= 4 is 11.8 Å². The summed E-state index contributed by atoms with van der Waals surface area (Å²) < 4.78 is 5.67. The molecular formula is C20H23NOS. The quantitative estimate of drug-likeness (QED) is 0.803. The van der Waals surface area contributed by atoms with E-state index in [1.54, 1.807) is 7.11 Å². The van der Waals surface area contributed by atoms with E-state index in [2.05, 4.69) is 54.3 Å². The second-order valence-electron chi connectivity index (χ2n) is 6.45. The Bertz CT molecular complexity index is 719. The predicted octanol–water partition coefficient (Wildman–Crippen LogP) is 4.56. The summed E-state index contributed by atoms with van der Waals surface area (Å²) >= 11 is 1.87. The van der Waals surface area contributed by atoms with Crippen molar-refractivity contribution in [2.75, 3.05) is 26.7 Å². The average Bonchev–Trinajstić information content (AvgIpc) is 2.62. The molecule has 2 heterocycles. The zero-order valence-corrected chi connectivity index (χ0v) is 14.7. The molecule has 1 fully saturated rings. The molecule has 0 N–H and O–H groups in total. The van der Waals surface area contributed by atoms with Crippen molar-refractivity contribution in [2.24, 2.45) is 0 Å². The van der Waals surface area contributed by atoms with Gasteiger partial charge in [0.25, 0.3) is 0 Å². The second-order valence-corrected chi connectivity index (χ2v) is 7.50. The van der Waals surface area contributed by atoms with Crippen molar-refractivity contribution in [3.63, 3.8) is 0 Å². The first-order valence-electron chi connectivity index (χ1n) is 8.45. The largest absolute Gasteiger partial charge is 0.496 e. The van der Waals surface area contributed by atoms with Gasteiger partial charge in [-0.15, -0.1) is 0 Å². The smallest absolute Gasteiger partial charge is 0.133 e. The lowest BCUT2D eigenvalue weighted by molar-refractivity contribution is 0.183. The molecule has 120 valence electrons. The molecule has 2 aliphatic heterocycles. The molecular weight excluding hydrogens is 302 g/mol.